The molecule has 0 fully saturated rings. The van der Waals surface area contributed by atoms with E-state index in [0.29, 0.717) is 13.0 Å². The van der Waals surface area contributed by atoms with Crippen LogP contribution in [0, 0.1) is 0 Å². The van der Waals surface area contributed by atoms with Gasteiger partial charge in [-0.1, -0.05) is 0 Å². The van der Waals surface area contributed by atoms with Gasteiger partial charge in [0.15, 0.2) is 0 Å². The number of hydrogen-bond acceptors (Lipinski definition) is 3. The Bertz CT molecular complexity index is 234. The van der Waals surface area contributed by atoms with Gasteiger partial charge in [0.1, 0.15) is 5.78 Å². The highest BCUT2D eigenvalue weighted by atomic mass is 16.5. The van der Waals surface area contributed by atoms with Crippen LogP contribution in [0.2, 0.25) is 0 Å². The predicted molar refractivity (Wildman–Crippen MR) is 76.9 cm³/mol. The molecule has 18 heavy (non-hydrogen) atoms. The van der Waals surface area contributed by atoms with Crippen LogP contribution < -0.4 is 0 Å². The molecule has 0 saturated carbocycles. The van der Waals surface area contributed by atoms with Gasteiger partial charge >= 0.3 is 0 Å². The lowest BCUT2D eigenvalue weighted by Crippen LogP contribution is -2.53. The van der Waals surface area contributed by atoms with Crippen molar-refractivity contribution in [3.05, 3.63) is 0 Å². The molecule has 0 aromatic heterocycles. The molecule has 108 valence electrons. The van der Waals surface area contributed by atoms with Crippen molar-refractivity contribution in [2.24, 2.45) is 0 Å². The van der Waals surface area contributed by atoms with E-state index >= 15 is 0 Å². The van der Waals surface area contributed by atoms with E-state index in [4.69, 9.17) is 4.74 Å². The van der Waals surface area contributed by atoms with Crippen LogP contribution in [-0.2, 0) is 9.53 Å². The maximum Gasteiger partial charge on any atom is 0.132 e. The lowest BCUT2D eigenvalue weighted by molar-refractivity contribution is -0.118. The first-order chi connectivity index (χ1) is 8.05. The van der Waals surface area contributed by atoms with Gasteiger partial charge in [-0.2, -0.15) is 0 Å². The highest BCUT2D eigenvalue weighted by molar-refractivity contribution is 5.75. The van der Waals surface area contributed by atoms with E-state index in [9.17, 15) is 4.79 Å². The number of rotatable bonds is 7. The molecule has 0 atom stereocenters. The summed E-state index contributed by atoms with van der Waals surface area (Å²) in [6, 6.07) is 0. The van der Waals surface area contributed by atoms with Crippen LogP contribution in [-0.4, -0.2) is 41.5 Å². The van der Waals surface area contributed by atoms with Crippen LogP contribution in [0.25, 0.3) is 0 Å². The Balaban J connectivity index is 3.97. The Labute approximate surface area is 113 Å². The van der Waals surface area contributed by atoms with E-state index in [-0.39, 0.29) is 16.9 Å². The van der Waals surface area contributed by atoms with Gasteiger partial charge in [0, 0.05) is 30.7 Å². The fraction of sp³-hybridized carbons (Fsp3) is 0.933. The van der Waals surface area contributed by atoms with Gasteiger partial charge in [-0.05, 0) is 54.9 Å². The number of ether oxygens (including phenoxy) is 1. The van der Waals surface area contributed by atoms with Crippen LogP contribution in [0.15, 0.2) is 0 Å². The maximum absolute atomic E-state index is 10.8. The number of carbonyl (C=O) groups is 1. The summed E-state index contributed by atoms with van der Waals surface area (Å²) < 4.78 is 5.47. The van der Waals surface area contributed by atoms with Crippen LogP contribution in [0.3, 0.4) is 0 Å². The first-order valence-corrected chi connectivity index (χ1v) is 6.90. The summed E-state index contributed by atoms with van der Waals surface area (Å²) in [6.45, 7) is 17.4. The van der Waals surface area contributed by atoms with Crippen molar-refractivity contribution in [3.8, 4) is 0 Å². The van der Waals surface area contributed by atoms with Gasteiger partial charge in [-0.15, -0.1) is 0 Å². The lowest BCUT2D eigenvalue weighted by Gasteiger charge is -2.45. The minimum absolute atomic E-state index is 0.164. The first kappa shape index (κ1) is 17.6. The maximum atomic E-state index is 10.8. The van der Waals surface area contributed by atoms with Crippen molar-refractivity contribution in [2.75, 3.05) is 19.8 Å². The molecule has 0 spiro atoms. The zero-order valence-corrected chi connectivity index (χ0v) is 13.3. The molecule has 0 bridgehead atoms. The second-order valence-corrected chi connectivity index (χ2v) is 6.91. The van der Waals surface area contributed by atoms with Crippen LogP contribution in [0.1, 0.15) is 61.3 Å². The smallest absolute Gasteiger partial charge is 0.132 e. The van der Waals surface area contributed by atoms with Crippen molar-refractivity contribution in [1.82, 2.24) is 4.90 Å². The number of Topliss-reactive ketones (excluding diaryl/α,β-unsaturated/α-hetero) is 1. The van der Waals surface area contributed by atoms with Gasteiger partial charge in [-0.3, -0.25) is 9.69 Å². The minimum atomic E-state index is 0.164. The largest absolute Gasteiger partial charge is 0.381 e. The Morgan fingerprint density at radius 2 is 1.50 bits per heavy atom. The summed E-state index contributed by atoms with van der Waals surface area (Å²) in [7, 11) is 0. The number of carbonyl (C=O) groups excluding carboxylic acids is 1. The summed E-state index contributed by atoms with van der Waals surface area (Å²) >= 11 is 0. The van der Waals surface area contributed by atoms with E-state index in [2.05, 4.69) is 46.4 Å². The Hall–Kier alpha value is -0.410. The Morgan fingerprint density at radius 1 is 1.00 bits per heavy atom. The van der Waals surface area contributed by atoms with Crippen LogP contribution >= 0.6 is 0 Å². The molecule has 0 aromatic rings. The normalized spacial score (nSPS) is 13.1. The van der Waals surface area contributed by atoms with E-state index in [1.165, 1.54) is 0 Å². The fourth-order valence-electron chi connectivity index (χ4n) is 2.32. The number of nitrogens with zero attached hydrogens (tertiary/aromatic N) is 1. The predicted octanol–water partition coefficient (Wildman–Crippen LogP) is 3.27. The molecule has 0 rings (SSSR count). The molecular weight excluding hydrogens is 226 g/mol. The second-order valence-electron chi connectivity index (χ2n) is 6.91. The summed E-state index contributed by atoms with van der Waals surface area (Å²) in [5.74, 6) is 0.195. The molecule has 3 nitrogen and oxygen atoms in total. The number of ketones is 1. The molecule has 0 unspecified atom stereocenters. The molecule has 0 aliphatic heterocycles. The van der Waals surface area contributed by atoms with Crippen molar-refractivity contribution < 1.29 is 9.53 Å². The van der Waals surface area contributed by atoms with Crippen LogP contribution in [0.4, 0.5) is 0 Å². The molecule has 0 N–H and O–H groups in total. The third kappa shape index (κ3) is 7.83. The van der Waals surface area contributed by atoms with Gasteiger partial charge in [0.25, 0.3) is 0 Å². The highest BCUT2D eigenvalue weighted by Gasteiger charge is 2.30. The average Bonchev–Trinajstić information content (AvgIpc) is 2.11. The Kier molecular flexibility index (Phi) is 7.08. The number of hydrogen-bond donors (Lipinski definition) is 0. The molecule has 0 radical (unpaired) electrons. The zero-order valence-electron chi connectivity index (χ0n) is 13.3. The van der Waals surface area contributed by atoms with E-state index in [0.717, 1.165) is 19.6 Å². The van der Waals surface area contributed by atoms with E-state index in [1.54, 1.807) is 6.92 Å². The summed E-state index contributed by atoms with van der Waals surface area (Å²) in [6.07, 6.45) is 1.54. The average molecular weight is 257 g/mol. The van der Waals surface area contributed by atoms with Crippen LogP contribution in [0.5, 0.6) is 0 Å². The quantitative estimate of drug-likeness (QED) is 0.656. The first-order valence-electron chi connectivity index (χ1n) is 6.90. The molecule has 3 heteroatoms. The molecular formula is C15H31NO2. The SMILES string of the molecule is CC(=O)CCOCCCN(C(C)(C)C)C(C)(C)C. The third-order valence-electron chi connectivity index (χ3n) is 2.89. The van der Waals surface area contributed by atoms with Gasteiger partial charge < -0.3 is 4.74 Å². The molecule has 0 aliphatic rings. The van der Waals surface area contributed by atoms with Gasteiger partial charge in [0.2, 0.25) is 0 Å². The van der Waals surface area contributed by atoms with Crippen molar-refractivity contribution in [3.63, 3.8) is 0 Å². The van der Waals surface area contributed by atoms with Crippen molar-refractivity contribution in [1.29, 1.82) is 0 Å². The fourth-order valence-corrected chi connectivity index (χ4v) is 2.32. The Morgan fingerprint density at radius 3 is 1.89 bits per heavy atom. The second kappa shape index (κ2) is 7.25. The monoisotopic (exact) mass is 257 g/mol. The summed E-state index contributed by atoms with van der Waals surface area (Å²) in [4.78, 5) is 13.3. The van der Waals surface area contributed by atoms with E-state index < -0.39 is 0 Å². The summed E-state index contributed by atoms with van der Waals surface area (Å²) in [5.41, 5.74) is 0.329. The third-order valence-corrected chi connectivity index (χ3v) is 2.89. The topological polar surface area (TPSA) is 29.5 Å². The van der Waals surface area contributed by atoms with E-state index in [1.807, 2.05) is 0 Å². The lowest BCUT2D eigenvalue weighted by atomic mass is 9.96. The van der Waals surface area contributed by atoms with Gasteiger partial charge in [0.05, 0.1) is 6.61 Å². The standard InChI is InChI=1S/C15H31NO2/c1-13(17)9-12-18-11-8-10-16(14(2,3)4)15(5,6)7/h8-12H2,1-7H3. The van der Waals surface area contributed by atoms with Crippen molar-refractivity contribution >= 4 is 5.78 Å². The molecule has 0 saturated heterocycles. The van der Waals surface area contributed by atoms with Gasteiger partial charge in [-0.25, -0.2) is 0 Å². The molecule has 0 heterocycles. The van der Waals surface area contributed by atoms with Crippen molar-refractivity contribution in [2.45, 2.75) is 72.4 Å². The zero-order chi connectivity index (χ0) is 14.4. The molecule has 0 aliphatic carbocycles. The molecule has 0 amide bonds. The minimum Gasteiger partial charge on any atom is -0.381 e. The molecule has 0 aromatic carbocycles. The summed E-state index contributed by atoms with van der Waals surface area (Å²) in [5, 5.41) is 0. The highest BCUT2D eigenvalue weighted by Crippen LogP contribution is 2.24.